The first-order chi connectivity index (χ1) is 8.25. The molecule has 0 aliphatic heterocycles. The van der Waals surface area contributed by atoms with Crippen LogP contribution in [0.4, 0.5) is 0 Å². The van der Waals surface area contributed by atoms with Crippen LogP contribution in [-0.2, 0) is 4.89 Å². The molecule has 0 aromatic heterocycles. The molecule has 0 saturated carbocycles. The zero-order valence-electron chi connectivity index (χ0n) is 10.0. The quantitative estimate of drug-likeness (QED) is 0.429. The van der Waals surface area contributed by atoms with Crippen LogP contribution in [0.2, 0.25) is 0 Å². The maximum Gasteiger partial charge on any atom is 0.339 e. The Hall–Kier alpha value is -1.55. The molecule has 1 N–H and O–H groups in total. The summed E-state index contributed by atoms with van der Waals surface area (Å²) in [6.07, 6.45) is 4.36. The van der Waals surface area contributed by atoms with E-state index in [-0.39, 0.29) is 11.3 Å². The molecule has 0 aliphatic rings. The topological polar surface area (TPSA) is 55.8 Å². The van der Waals surface area contributed by atoms with Gasteiger partial charge in [-0.05, 0) is 18.6 Å². The molecule has 0 spiro atoms. The highest BCUT2D eigenvalue weighted by atomic mass is 17.2. The molecule has 1 rings (SSSR count). The van der Waals surface area contributed by atoms with Gasteiger partial charge >= 0.3 is 5.97 Å². The average Bonchev–Trinajstić information content (AvgIpc) is 2.34. The molecular formula is C13H18O4. The summed E-state index contributed by atoms with van der Waals surface area (Å²) in [6.45, 7) is 2.62. The van der Waals surface area contributed by atoms with Crippen molar-refractivity contribution in [1.82, 2.24) is 0 Å². The van der Waals surface area contributed by atoms with Crippen molar-refractivity contribution < 1.29 is 19.7 Å². The number of hydrogen-bond donors (Lipinski definition) is 1. The SMILES string of the molecule is CCCCCCOOc1ccccc1C(=O)O. The highest BCUT2D eigenvalue weighted by Crippen LogP contribution is 2.18. The number of carboxylic acids is 1. The third kappa shape index (κ3) is 4.87. The van der Waals surface area contributed by atoms with Gasteiger partial charge in [-0.25, -0.2) is 4.79 Å². The van der Waals surface area contributed by atoms with E-state index < -0.39 is 5.97 Å². The molecule has 0 aliphatic carbocycles. The molecule has 0 unspecified atom stereocenters. The van der Waals surface area contributed by atoms with Crippen molar-refractivity contribution in [2.75, 3.05) is 6.61 Å². The molecule has 0 heterocycles. The first kappa shape index (κ1) is 13.5. The van der Waals surface area contributed by atoms with Crippen molar-refractivity contribution in [3.05, 3.63) is 29.8 Å². The number of carboxylic acid groups (broad SMARTS) is 1. The monoisotopic (exact) mass is 238 g/mol. The van der Waals surface area contributed by atoms with E-state index >= 15 is 0 Å². The second-order valence-electron chi connectivity index (χ2n) is 3.77. The van der Waals surface area contributed by atoms with E-state index in [1.54, 1.807) is 18.2 Å². The van der Waals surface area contributed by atoms with Gasteiger partial charge in [0, 0.05) is 0 Å². The van der Waals surface area contributed by atoms with Crippen LogP contribution in [0.3, 0.4) is 0 Å². The smallest absolute Gasteiger partial charge is 0.339 e. The van der Waals surface area contributed by atoms with Crippen LogP contribution in [0, 0.1) is 0 Å². The minimum absolute atomic E-state index is 0.112. The van der Waals surface area contributed by atoms with Crippen molar-refractivity contribution >= 4 is 5.97 Å². The second kappa shape index (κ2) is 7.68. The Labute approximate surface area is 101 Å². The summed E-state index contributed by atoms with van der Waals surface area (Å²) in [5.74, 6) is -0.773. The fourth-order valence-corrected chi connectivity index (χ4v) is 1.41. The van der Waals surface area contributed by atoms with Crippen molar-refractivity contribution in [1.29, 1.82) is 0 Å². The highest BCUT2D eigenvalue weighted by Gasteiger charge is 2.10. The maximum atomic E-state index is 10.9. The van der Waals surface area contributed by atoms with E-state index in [4.69, 9.17) is 14.9 Å². The van der Waals surface area contributed by atoms with Crippen LogP contribution in [0.25, 0.3) is 0 Å². The van der Waals surface area contributed by atoms with Gasteiger partial charge in [0.05, 0.1) is 6.61 Å². The molecular weight excluding hydrogens is 220 g/mol. The van der Waals surface area contributed by atoms with Gasteiger partial charge in [-0.3, -0.25) is 0 Å². The van der Waals surface area contributed by atoms with Crippen molar-refractivity contribution in [2.24, 2.45) is 0 Å². The molecule has 17 heavy (non-hydrogen) atoms. The number of aromatic carboxylic acids is 1. The van der Waals surface area contributed by atoms with Gasteiger partial charge in [0.2, 0.25) is 0 Å². The first-order valence-electron chi connectivity index (χ1n) is 5.87. The maximum absolute atomic E-state index is 10.9. The molecule has 94 valence electrons. The number of benzene rings is 1. The largest absolute Gasteiger partial charge is 0.478 e. The van der Waals surface area contributed by atoms with Crippen LogP contribution in [0.5, 0.6) is 5.75 Å². The normalized spacial score (nSPS) is 10.2. The number of hydrogen-bond acceptors (Lipinski definition) is 3. The highest BCUT2D eigenvalue weighted by molar-refractivity contribution is 5.90. The predicted octanol–water partition coefficient (Wildman–Crippen LogP) is 3.28. The lowest BCUT2D eigenvalue weighted by molar-refractivity contribution is -0.207. The molecule has 0 fully saturated rings. The standard InChI is InChI=1S/C13H18O4/c1-2-3-4-7-10-16-17-12-9-6-5-8-11(12)13(14)15/h5-6,8-9H,2-4,7,10H2,1H3,(H,14,15). The third-order valence-electron chi connectivity index (χ3n) is 2.35. The van der Waals surface area contributed by atoms with E-state index in [1.165, 1.54) is 18.9 Å². The van der Waals surface area contributed by atoms with Gasteiger partial charge in [-0.2, -0.15) is 4.89 Å². The lowest BCUT2D eigenvalue weighted by atomic mass is 10.2. The van der Waals surface area contributed by atoms with Crippen LogP contribution in [-0.4, -0.2) is 17.7 Å². The summed E-state index contributed by atoms with van der Waals surface area (Å²) in [5, 5.41) is 8.90. The molecule has 0 amide bonds. The summed E-state index contributed by atoms with van der Waals surface area (Å²) >= 11 is 0. The summed E-state index contributed by atoms with van der Waals surface area (Å²) in [6, 6.07) is 6.42. The number of unbranched alkanes of at least 4 members (excludes halogenated alkanes) is 3. The van der Waals surface area contributed by atoms with Gasteiger partial charge < -0.3 is 9.99 Å². The minimum Gasteiger partial charge on any atom is -0.478 e. The van der Waals surface area contributed by atoms with Gasteiger partial charge in [-0.15, -0.1) is 0 Å². The van der Waals surface area contributed by atoms with Gasteiger partial charge in [0.1, 0.15) is 5.56 Å². The molecule has 0 radical (unpaired) electrons. The van der Waals surface area contributed by atoms with E-state index in [2.05, 4.69) is 6.92 Å². The molecule has 0 atom stereocenters. The van der Waals surface area contributed by atoms with Crippen molar-refractivity contribution in [3.8, 4) is 5.75 Å². The predicted molar refractivity (Wildman–Crippen MR) is 64.1 cm³/mol. The van der Waals surface area contributed by atoms with E-state index in [1.807, 2.05) is 0 Å². The Morgan fingerprint density at radius 1 is 1.24 bits per heavy atom. The summed E-state index contributed by atoms with van der Waals surface area (Å²) in [4.78, 5) is 20.9. The van der Waals surface area contributed by atoms with Crippen LogP contribution >= 0.6 is 0 Å². The summed E-state index contributed by atoms with van der Waals surface area (Å²) in [5.41, 5.74) is 0.112. The second-order valence-corrected chi connectivity index (χ2v) is 3.77. The Kier molecular flexibility index (Phi) is 6.10. The number of para-hydroxylation sites is 1. The van der Waals surface area contributed by atoms with Crippen molar-refractivity contribution in [3.63, 3.8) is 0 Å². The Bertz CT molecular complexity index is 349. The van der Waals surface area contributed by atoms with Gasteiger partial charge in [0.15, 0.2) is 5.75 Å². The lowest BCUT2D eigenvalue weighted by Gasteiger charge is -2.07. The van der Waals surface area contributed by atoms with Gasteiger partial charge in [0.25, 0.3) is 0 Å². The summed E-state index contributed by atoms with van der Waals surface area (Å²) < 4.78 is 0. The fourth-order valence-electron chi connectivity index (χ4n) is 1.41. The number of rotatable bonds is 8. The zero-order valence-corrected chi connectivity index (χ0v) is 10.0. The third-order valence-corrected chi connectivity index (χ3v) is 2.35. The fraction of sp³-hybridized carbons (Fsp3) is 0.462. The molecule has 4 nitrogen and oxygen atoms in total. The molecule has 0 saturated heterocycles. The van der Waals surface area contributed by atoms with Gasteiger partial charge in [-0.1, -0.05) is 38.3 Å². The van der Waals surface area contributed by atoms with E-state index in [0.29, 0.717) is 6.61 Å². The molecule has 1 aromatic rings. The van der Waals surface area contributed by atoms with E-state index in [0.717, 1.165) is 12.8 Å². The van der Waals surface area contributed by atoms with Crippen molar-refractivity contribution in [2.45, 2.75) is 32.6 Å². The minimum atomic E-state index is -1.02. The molecule has 4 heteroatoms. The first-order valence-corrected chi connectivity index (χ1v) is 5.87. The lowest BCUT2D eigenvalue weighted by Crippen LogP contribution is -2.05. The molecule has 1 aromatic carbocycles. The van der Waals surface area contributed by atoms with Crippen LogP contribution < -0.4 is 4.89 Å². The summed E-state index contributed by atoms with van der Waals surface area (Å²) in [7, 11) is 0. The Morgan fingerprint density at radius 2 is 2.00 bits per heavy atom. The van der Waals surface area contributed by atoms with Crippen LogP contribution in [0.1, 0.15) is 43.0 Å². The van der Waals surface area contributed by atoms with E-state index in [9.17, 15) is 4.79 Å². The zero-order chi connectivity index (χ0) is 12.5. The Balaban J connectivity index is 2.34. The molecule has 0 bridgehead atoms. The average molecular weight is 238 g/mol. The van der Waals surface area contributed by atoms with Crippen LogP contribution in [0.15, 0.2) is 24.3 Å². The Morgan fingerprint density at radius 3 is 2.71 bits per heavy atom. The number of carbonyl (C=O) groups is 1.